The molecule has 0 radical (unpaired) electrons. The van der Waals surface area contributed by atoms with Crippen molar-refractivity contribution in [1.82, 2.24) is 9.55 Å². The van der Waals surface area contributed by atoms with Crippen LogP contribution in [0.3, 0.4) is 0 Å². The number of aromatic nitrogens is 2. The predicted molar refractivity (Wildman–Crippen MR) is 75.2 cm³/mol. The zero-order chi connectivity index (χ0) is 15.8. The van der Waals surface area contributed by atoms with Gasteiger partial charge in [0.1, 0.15) is 11.4 Å². The summed E-state index contributed by atoms with van der Waals surface area (Å²) in [7, 11) is 0. The highest BCUT2D eigenvalue weighted by molar-refractivity contribution is 5.82. The fourth-order valence-corrected chi connectivity index (χ4v) is 2.34. The number of carboxylic acid groups (broad SMARTS) is 1. The number of hydrogen-bond acceptors (Lipinski definition) is 2. The van der Waals surface area contributed by atoms with Gasteiger partial charge in [-0.05, 0) is 20.3 Å². The number of aryl methyl sites for hydroxylation is 1. The van der Waals surface area contributed by atoms with Crippen molar-refractivity contribution in [3.63, 3.8) is 0 Å². The molecule has 0 saturated carbocycles. The Morgan fingerprint density at radius 3 is 2.52 bits per heavy atom. The molecular formula is C15H18F2N2O2. The van der Waals surface area contributed by atoms with Gasteiger partial charge in [0, 0.05) is 18.6 Å². The van der Waals surface area contributed by atoms with Gasteiger partial charge in [-0.25, -0.2) is 18.6 Å². The molecule has 0 fully saturated rings. The minimum atomic E-state index is -1.29. The number of fused-ring (bicyclic) bond motifs is 1. The zero-order valence-corrected chi connectivity index (χ0v) is 12.3. The minimum Gasteiger partial charge on any atom is -0.480 e. The van der Waals surface area contributed by atoms with Crippen LogP contribution in [0.5, 0.6) is 0 Å². The van der Waals surface area contributed by atoms with Crippen LogP contribution in [0.25, 0.3) is 11.0 Å². The number of imidazole rings is 1. The van der Waals surface area contributed by atoms with Gasteiger partial charge in [-0.3, -0.25) is 0 Å². The van der Waals surface area contributed by atoms with E-state index in [9.17, 15) is 18.7 Å². The van der Waals surface area contributed by atoms with Crippen molar-refractivity contribution >= 4 is 17.0 Å². The van der Waals surface area contributed by atoms with Crippen LogP contribution in [0.4, 0.5) is 8.78 Å². The quantitative estimate of drug-likeness (QED) is 0.919. The van der Waals surface area contributed by atoms with E-state index in [2.05, 4.69) is 4.98 Å². The number of halogens is 2. The molecule has 0 bridgehead atoms. The molecule has 0 unspecified atom stereocenters. The first-order chi connectivity index (χ1) is 9.78. The van der Waals surface area contributed by atoms with Crippen molar-refractivity contribution in [3.05, 3.63) is 29.6 Å². The number of unbranched alkanes of at least 4 members (excludes halogenated alkanes) is 1. The van der Waals surface area contributed by atoms with Crippen LogP contribution in [-0.2, 0) is 16.8 Å². The van der Waals surface area contributed by atoms with E-state index in [-0.39, 0.29) is 5.52 Å². The van der Waals surface area contributed by atoms with Crippen LogP contribution >= 0.6 is 0 Å². The fourth-order valence-electron chi connectivity index (χ4n) is 2.34. The van der Waals surface area contributed by atoms with E-state index in [4.69, 9.17) is 0 Å². The summed E-state index contributed by atoms with van der Waals surface area (Å²) in [5.41, 5.74) is -0.719. The number of hydrogen-bond donors (Lipinski definition) is 1. The normalized spacial score (nSPS) is 12.0. The summed E-state index contributed by atoms with van der Waals surface area (Å²) in [6, 6.07) is 2.02. The summed E-state index contributed by atoms with van der Waals surface area (Å²) in [5, 5.41) is 9.43. The number of nitrogens with zero attached hydrogens (tertiary/aromatic N) is 2. The van der Waals surface area contributed by atoms with Gasteiger partial charge in [-0.2, -0.15) is 0 Å². The monoisotopic (exact) mass is 296 g/mol. The van der Waals surface area contributed by atoms with Gasteiger partial charge >= 0.3 is 5.97 Å². The fraction of sp³-hybridized carbons (Fsp3) is 0.467. The van der Waals surface area contributed by atoms with E-state index in [1.54, 1.807) is 0 Å². The molecule has 21 heavy (non-hydrogen) atoms. The minimum absolute atomic E-state index is 0.273. The van der Waals surface area contributed by atoms with Crippen LogP contribution in [0, 0.1) is 11.6 Å². The highest BCUT2D eigenvalue weighted by Gasteiger charge is 2.33. The average molecular weight is 296 g/mol. The van der Waals surface area contributed by atoms with Gasteiger partial charge in [-0.15, -0.1) is 0 Å². The lowest BCUT2D eigenvalue weighted by Crippen LogP contribution is -2.36. The van der Waals surface area contributed by atoms with Crippen LogP contribution < -0.4 is 0 Å². The summed E-state index contributed by atoms with van der Waals surface area (Å²) < 4.78 is 28.4. The number of carboxylic acids is 1. The van der Waals surface area contributed by atoms with Gasteiger partial charge in [0.25, 0.3) is 0 Å². The highest BCUT2D eigenvalue weighted by Crippen LogP contribution is 2.28. The number of benzene rings is 1. The van der Waals surface area contributed by atoms with Crippen molar-refractivity contribution in [2.24, 2.45) is 0 Å². The SMILES string of the molecule is CCCCc1nc2cc(F)c(F)cc2n1C(C)(C)C(=O)O. The molecular weight excluding hydrogens is 278 g/mol. The first-order valence-corrected chi connectivity index (χ1v) is 6.89. The standard InChI is InChI=1S/C15H18F2N2O2/c1-4-5-6-13-18-11-7-9(16)10(17)8-12(11)19(13)15(2,3)14(20)21/h7-8H,4-6H2,1-3H3,(H,20,21). The Morgan fingerprint density at radius 2 is 1.95 bits per heavy atom. The lowest BCUT2D eigenvalue weighted by atomic mass is 10.0. The van der Waals surface area contributed by atoms with Crippen molar-refractivity contribution in [2.45, 2.75) is 45.6 Å². The van der Waals surface area contributed by atoms with E-state index >= 15 is 0 Å². The molecule has 2 rings (SSSR count). The van der Waals surface area contributed by atoms with E-state index in [0.29, 0.717) is 17.8 Å². The molecule has 0 amide bonds. The van der Waals surface area contributed by atoms with Crippen molar-refractivity contribution in [1.29, 1.82) is 0 Å². The lowest BCUT2D eigenvalue weighted by molar-refractivity contribution is -0.145. The maximum Gasteiger partial charge on any atom is 0.329 e. The van der Waals surface area contributed by atoms with Crippen molar-refractivity contribution in [2.75, 3.05) is 0 Å². The van der Waals surface area contributed by atoms with Gasteiger partial charge < -0.3 is 9.67 Å². The second kappa shape index (κ2) is 5.42. The maximum absolute atomic E-state index is 13.5. The molecule has 1 heterocycles. The van der Waals surface area contributed by atoms with Crippen molar-refractivity contribution in [3.8, 4) is 0 Å². The highest BCUT2D eigenvalue weighted by atomic mass is 19.2. The van der Waals surface area contributed by atoms with Crippen LogP contribution in [0.1, 0.15) is 39.4 Å². The average Bonchev–Trinajstić information content (AvgIpc) is 2.74. The Labute approximate surface area is 121 Å². The Hall–Kier alpha value is -1.98. The Morgan fingerprint density at radius 1 is 1.33 bits per heavy atom. The lowest BCUT2D eigenvalue weighted by Gasteiger charge is -2.24. The number of aliphatic carboxylic acids is 1. The topological polar surface area (TPSA) is 55.1 Å². The largest absolute Gasteiger partial charge is 0.480 e. The summed E-state index contributed by atoms with van der Waals surface area (Å²) in [6.07, 6.45) is 2.30. The molecule has 4 nitrogen and oxygen atoms in total. The first kappa shape index (κ1) is 15.4. The Bertz CT molecular complexity index is 693. The Kier molecular flexibility index (Phi) is 3.98. The van der Waals surface area contributed by atoms with Crippen LogP contribution in [0.2, 0.25) is 0 Å². The van der Waals surface area contributed by atoms with E-state index in [0.717, 1.165) is 25.0 Å². The van der Waals surface area contributed by atoms with E-state index in [1.807, 2.05) is 6.92 Å². The molecule has 0 atom stereocenters. The Balaban J connectivity index is 2.73. The number of carbonyl (C=O) groups is 1. The first-order valence-electron chi connectivity index (χ1n) is 6.89. The second-order valence-corrected chi connectivity index (χ2v) is 5.59. The molecule has 2 aromatic rings. The third kappa shape index (κ3) is 2.62. The summed E-state index contributed by atoms with van der Waals surface area (Å²) in [6.45, 7) is 5.05. The van der Waals surface area contributed by atoms with E-state index < -0.39 is 23.1 Å². The molecule has 1 aromatic heterocycles. The smallest absolute Gasteiger partial charge is 0.329 e. The second-order valence-electron chi connectivity index (χ2n) is 5.59. The third-order valence-corrected chi connectivity index (χ3v) is 3.60. The maximum atomic E-state index is 13.5. The molecule has 114 valence electrons. The van der Waals surface area contributed by atoms with Crippen molar-refractivity contribution < 1.29 is 18.7 Å². The summed E-state index contributed by atoms with van der Waals surface area (Å²) >= 11 is 0. The van der Waals surface area contributed by atoms with E-state index in [1.165, 1.54) is 18.4 Å². The van der Waals surface area contributed by atoms with Gasteiger partial charge in [0.2, 0.25) is 0 Å². The molecule has 1 N–H and O–H groups in total. The van der Waals surface area contributed by atoms with Crippen LogP contribution in [0.15, 0.2) is 12.1 Å². The molecule has 0 aliphatic carbocycles. The van der Waals surface area contributed by atoms with Crippen LogP contribution in [-0.4, -0.2) is 20.6 Å². The van der Waals surface area contributed by atoms with Gasteiger partial charge in [0.15, 0.2) is 11.6 Å². The molecule has 0 spiro atoms. The van der Waals surface area contributed by atoms with Gasteiger partial charge in [0.05, 0.1) is 11.0 Å². The summed E-state index contributed by atoms with van der Waals surface area (Å²) in [5.74, 6) is -2.51. The molecule has 1 aromatic carbocycles. The molecule has 0 aliphatic rings. The van der Waals surface area contributed by atoms with Gasteiger partial charge in [-0.1, -0.05) is 13.3 Å². The zero-order valence-electron chi connectivity index (χ0n) is 12.3. The molecule has 6 heteroatoms. The summed E-state index contributed by atoms with van der Waals surface area (Å²) in [4.78, 5) is 15.8. The molecule has 0 saturated heterocycles. The number of rotatable bonds is 5. The third-order valence-electron chi connectivity index (χ3n) is 3.60. The molecule has 0 aliphatic heterocycles. The predicted octanol–water partition coefficient (Wildman–Crippen LogP) is 3.48.